The fourth-order valence-electron chi connectivity index (χ4n) is 14.7. The summed E-state index contributed by atoms with van der Waals surface area (Å²) in [5, 5.41) is 0. The standard InChI is InChI=1S/2C50H86O7S.Ca/c2*1-3-5-7-9-11-13-15-17-19-21-23-25-27-29-31-33-35-37-39-43-56-49(51)47-42-41-46(58(53,54)55)45-48(47)50(52)57-44-40-38-36-34-32-30-28-26-24-22-20-18-16-14-12-10-8-6-4-2;/h2*35-38,41-42,45H,3-34,39-40,43-44H2,1-2H3,(H,53,54,55);/q;;+2/p-2/b2*37-35+,38-36+;. The number of hydrogen-bond donors (Lipinski definition) is 0. The van der Waals surface area contributed by atoms with Crippen LogP contribution in [0.25, 0.3) is 0 Å². The van der Waals surface area contributed by atoms with Crippen molar-refractivity contribution in [1.29, 1.82) is 0 Å². The number of carbonyl (C=O) groups excluding carboxylic acids is 4. The second kappa shape index (κ2) is 84.6. The van der Waals surface area contributed by atoms with Crippen molar-refractivity contribution in [1.82, 2.24) is 0 Å². The van der Waals surface area contributed by atoms with Crippen LogP contribution in [0.2, 0.25) is 0 Å². The first-order valence-electron chi connectivity index (χ1n) is 48.1. The minimum atomic E-state index is -4.83. The molecule has 17 heteroatoms. The van der Waals surface area contributed by atoms with Crippen molar-refractivity contribution in [2.75, 3.05) is 26.4 Å². The number of benzene rings is 2. The largest absolute Gasteiger partial charge is 2.00 e. The van der Waals surface area contributed by atoms with Crippen LogP contribution in [0.4, 0.5) is 0 Å². The smallest absolute Gasteiger partial charge is 0.744 e. The summed E-state index contributed by atoms with van der Waals surface area (Å²) in [6, 6.07) is 6.15. The van der Waals surface area contributed by atoms with Gasteiger partial charge in [0, 0.05) is 0 Å². The van der Waals surface area contributed by atoms with Crippen molar-refractivity contribution in [3.63, 3.8) is 0 Å². The number of hydrogen-bond acceptors (Lipinski definition) is 14. The minimum Gasteiger partial charge on any atom is -0.744 e. The number of esters is 4. The van der Waals surface area contributed by atoms with E-state index < -0.39 is 53.9 Å². The van der Waals surface area contributed by atoms with Crippen molar-refractivity contribution >= 4 is 81.9 Å². The monoisotopic (exact) mass is 1700 g/mol. The van der Waals surface area contributed by atoms with Crippen LogP contribution >= 0.6 is 0 Å². The second-order valence-electron chi connectivity index (χ2n) is 32.9. The molecule has 0 aliphatic rings. The number of rotatable bonds is 82. The van der Waals surface area contributed by atoms with Crippen LogP contribution in [-0.2, 0) is 39.2 Å². The zero-order valence-electron chi connectivity index (χ0n) is 75.2. The number of unbranched alkanes of at least 4 members (excludes halogenated alkanes) is 60. The molecule has 0 fully saturated rings. The molecule has 2 aromatic rings. The zero-order valence-corrected chi connectivity index (χ0v) is 79.1. The molecule has 0 unspecified atom stereocenters. The Hall–Kier alpha value is -3.64. The van der Waals surface area contributed by atoms with Gasteiger partial charge in [-0.15, -0.1) is 0 Å². The predicted molar refractivity (Wildman–Crippen MR) is 489 cm³/mol. The van der Waals surface area contributed by atoms with Gasteiger partial charge in [-0.25, -0.2) is 36.0 Å². The first kappa shape index (κ1) is 113. The summed E-state index contributed by atoms with van der Waals surface area (Å²) in [6.07, 6.45) is 103. The normalized spacial score (nSPS) is 11.8. The summed E-state index contributed by atoms with van der Waals surface area (Å²) >= 11 is 0. The summed E-state index contributed by atoms with van der Waals surface area (Å²) < 4.78 is 91.5. The third-order valence-electron chi connectivity index (χ3n) is 22.1. The molecule has 117 heavy (non-hydrogen) atoms. The zero-order chi connectivity index (χ0) is 84.4. The topological polar surface area (TPSA) is 220 Å². The Balaban J connectivity index is 0.00000228. The van der Waals surface area contributed by atoms with Gasteiger partial charge in [-0.2, -0.15) is 0 Å². The van der Waals surface area contributed by atoms with Crippen LogP contribution in [-0.4, -0.2) is 114 Å². The quantitative estimate of drug-likeness (QED) is 0.0150. The van der Waals surface area contributed by atoms with E-state index in [0.717, 1.165) is 87.8 Å². The molecule has 14 nitrogen and oxygen atoms in total. The van der Waals surface area contributed by atoms with Crippen molar-refractivity contribution in [2.24, 2.45) is 0 Å². The van der Waals surface area contributed by atoms with Gasteiger partial charge in [-0.1, -0.05) is 436 Å². The van der Waals surface area contributed by atoms with Gasteiger partial charge in [-0.3, -0.25) is 0 Å². The number of ether oxygens (including phenoxy) is 4. The molecule has 0 saturated heterocycles. The molecule has 0 aliphatic carbocycles. The van der Waals surface area contributed by atoms with Crippen LogP contribution in [0.5, 0.6) is 0 Å². The maximum Gasteiger partial charge on any atom is 2.00 e. The molecule has 2 aromatic carbocycles. The van der Waals surface area contributed by atoms with E-state index in [0.29, 0.717) is 25.7 Å². The van der Waals surface area contributed by atoms with Crippen molar-refractivity contribution in [3.05, 3.63) is 107 Å². The SMILES string of the molecule is CCCCCCCCCCCCCCCCC/C=C/CCOC(=O)c1ccc(S(=O)(=O)[O-])cc1C(=O)OCC/C=C/CCCCCCCCCCCCCCCCC.CCCCCCCCCCCCCCCCC/C=C/CCOC(=O)c1ccc(S(=O)(=O)[O-])cc1C(=O)OCC/C=C/CCCCCCCCCCCCCCCCC.[Ca+2]. The van der Waals surface area contributed by atoms with E-state index in [9.17, 15) is 45.1 Å². The second-order valence-corrected chi connectivity index (χ2v) is 35.6. The molecular formula is C100H170CaO14S2. The van der Waals surface area contributed by atoms with E-state index in [4.69, 9.17) is 18.9 Å². The summed E-state index contributed by atoms with van der Waals surface area (Å²) in [4.78, 5) is 50.5. The number of carbonyl (C=O) groups is 4. The molecule has 0 saturated carbocycles. The molecule has 0 atom stereocenters. The van der Waals surface area contributed by atoms with Crippen molar-refractivity contribution in [2.45, 2.75) is 474 Å². The molecule has 0 aromatic heterocycles. The Kier molecular flexibility index (Phi) is 81.9. The average Bonchev–Trinajstić information content (AvgIpc) is 0.814. The summed E-state index contributed by atoms with van der Waals surface area (Å²) in [7, 11) is -9.67. The van der Waals surface area contributed by atoms with Crippen LogP contribution in [0.3, 0.4) is 0 Å². The Morgan fingerprint density at radius 1 is 0.231 bits per heavy atom. The van der Waals surface area contributed by atoms with Gasteiger partial charge in [-0.05, 0) is 113 Å². The fourth-order valence-corrected chi connectivity index (χ4v) is 15.7. The van der Waals surface area contributed by atoms with Gasteiger partial charge in [0.2, 0.25) is 0 Å². The maximum atomic E-state index is 12.9. The minimum absolute atomic E-state index is 0. The van der Waals surface area contributed by atoms with Gasteiger partial charge in [0.1, 0.15) is 20.2 Å². The van der Waals surface area contributed by atoms with E-state index >= 15 is 0 Å². The third kappa shape index (κ3) is 71.5. The van der Waals surface area contributed by atoms with E-state index in [-0.39, 0.29) is 86.4 Å². The fraction of sp³-hybridized carbons (Fsp3) is 0.760. The molecule has 2 rings (SSSR count). The third-order valence-corrected chi connectivity index (χ3v) is 23.7. The van der Waals surface area contributed by atoms with E-state index in [2.05, 4.69) is 52.0 Å². The Bertz CT molecular complexity index is 2810. The first-order chi connectivity index (χ1) is 56.6. The number of allylic oxidation sites excluding steroid dienone is 4. The Morgan fingerprint density at radius 3 is 0.538 bits per heavy atom. The molecule has 0 N–H and O–H groups in total. The van der Waals surface area contributed by atoms with Crippen molar-refractivity contribution < 1.29 is 64.1 Å². The Labute approximate surface area is 747 Å². The van der Waals surface area contributed by atoms with Crippen molar-refractivity contribution in [3.8, 4) is 0 Å². The molecule has 0 aliphatic heterocycles. The molecule has 0 heterocycles. The van der Waals surface area contributed by atoms with Crippen LogP contribution in [0.1, 0.15) is 506 Å². The van der Waals surface area contributed by atoms with E-state index in [1.54, 1.807) is 0 Å². The van der Waals surface area contributed by atoms with Gasteiger partial charge < -0.3 is 28.1 Å². The molecule has 0 bridgehead atoms. The maximum absolute atomic E-state index is 12.9. The van der Waals surface area contributed by atoms with Gasteiger partial charge in [0.25, 0.3) is 0 Å². The summed E-state index contributed by atoms with van der Waals surface area (Å²) in [5.74, 6) is -3.25. The average molecular weight is 1700 g/mol. The summed E-state index contributed by atoms with van der Waals surface area (Å²) in [6.45, 7) is 9.45. The first-order valence-corrected chi connectivity index (χ1v) is 50.9. The Morgan fingerprint density at radius 2 is 0.376 bits per heavy atom. The van der Waals surface area contributed by atoms with Crippen LogP contribution in [0, 0.1) is 0 Å². The summed E-state index contributed by atoms with van der Waals surface area (Å²) in [5.41, 5.74) is -0.814. The van der Waals surface area contributed by atoms with Gasteiger partial charge in [0.15, 0.2) is 0 Å². The van der Waals surface area contributed by atoms with E-state index in [1.807, 2.05) is 24.3 Å². The van der Waals surface area contributed by atoms with Gasteiger partial charge in [0.05, 0.1) is 58.5 Å². The van der Waals surface area contributed by atoms with Crippen LogP contribution in [0.15, 0.2) is 94.8 Å². The van der Waals surface area contributed by atoms with E-state index in [1.165, 1.54) is 360 Å². The predicted octanol–water partition coefficient (Wildman–Crippen LogP) is 30.3. The molecule has 0 spiro atoms. The molecule has 0 amide bonds. The van der Waals surface area contributed by atoms with Crippen LogP contribution < -0.4 is 0 Å². The molecule has 668 valence electrons. The van der Waals surface area contributed by atoms with Gasteiger partial charge >= 0.3 is 61.6 Å². The molecular weight excluding hydrogens is 1530 g/mol. The molecule has 0 radical (unpaired) electrons.